The molecule has 1 unspecified atom stereocenters. The summed E-state index contributed by atoms with van der Waals surface area (Å²) in [4.78, 5) is 24.4. The van der Waals surface area contributed by atoms with E-state index in [4.69, 9.17) is 4.74 Å². The minimum Gasteiger partial charge on any atom is -0.465 e. The topological polar surface area (TPSA) is 55.4 Å². The molecule has 0 aliphatic rings. The maximum absolute atomic E-state index is 12.4. The monoisotopic (exact) mass is 291 g/mol. The Bertz CT molecular complexity index is 503. The minimum atomic E-state index is -0.803. The first-order valence-electron chi connectivity index (χ1n) is 7.25. The van der Waals surface area contributed by atoms with E-state index in [9.17, 15) is 9.59 Å². The fourth-order valence-corrected chi connectivity index (χ4v) is 2.19. The third-order valence-corrected chi connectivity index (χ3v) is 3.20. The Hall–Kier alpha value is -1.84. The predicted molar refractivity (Wildman–Crippen MR) is 82.6 cm³/mol. The lowest BCUT2D eigenvalue weighted by atomic mass is 9.80. The number of hydrogen-bond donors (Lipinski definition) is 1. The Morgan fingerprint density at radius 2 is 1.95 bits per heavy atom. The first-order valence-corrected chi connectivity index (χ1v) is 7.25. The maximum Gasteiger partial charge on any atom is 0.319 e. The van der Waals surface area contributed by atoms with Crippen LogP contribution in [0.15, 0.2) is 24.3 Å². The number of amides is 1. The number of carbonyl (C=O) groups is 2. The standard InChI is InChI=1S/C17H25NO3/c1-6-21-16(20)14(17(3,4)5)15(19)18-11-13-9-7-8-12(2)10-13/h7-10,14H,6,11H2,1-5H3,(H,18,19). The molecule has 1 N–H and O–H groups in total. The van der Waals surface area contributed by atoms with Crippen molar-refractivity contribution >= 4 is 11.9 Å². The van der Waals surface area contributed by atoms with Crippen LogP contribution in [0.4, 0.5) is 0 Å². The highest BCUT2D eigenvalue weighted by molar-refractivity contribution is 5.98. The molecule has 0 aromatic heterocycles. The summed E-state index contributed by atoms with van der Waals surface area (Å²) in [6, 6.07) is 7.91. The van der Waals surface area contributed by atoms with Crippen LogP contribution in [0.25, 0.3) is 0 Å². The molecule has 116 valence electrons. The first-order chi connectivity index (χ1) is 9.75. The predicted octanol–water partition coefficient (Wildman–Crippen LogP) is 2.84. The van der Waals surface area contributed by atoms with E-state index >= 15 is 0 Å². The van der Waals surface area contributed by atoms with E-state index in [0.717, 1.165) is 11.1 Å². The molecule has 0 radical (unpaired) electrons. The second kappa shape index (κ2) is 7.25. The van der Waals surface area contributed by atoms with Gasteiger partial charge in [-0.25, -0.2) is 0 Å². The van der Waals surface area contributed by atoms with Crippen LogP contribution in [0.3, 0.4) is 0 Å². The van der Waals surface area contributed by atoms with E-state index < -0.39 is 17.3 Å². The van der Waals surface area contributed by atoms with Gasteiger partial charge >= 0.3 is 5.97 Å². The molecule has 0 bridgehead atoms. The fraction of sp³-hybridized carbons (Fsp3) is 0.529. The minimum absolute atomic E-state index is 0.274. The summed E-state index contributed by atoms with van der Waals surface area (Å²) in [6.07, 6.45) is 0. The number of rotatable bonds is 5. The summed E-state index contributed by atoms with van der Waals surface area (Å²) in [6.45, 7) is 10.0. The zero-order chi connectivity index (χ0) is 16.0. The molecular formula is C17H25NO3. The van der Waals surface area contributed by atoms with Crippen molar-refractivity contribution in [3.63, 3.8) is 0 Å². The highest BCUT2D eigenvalue weighted by atomic mass is 16.5. The molecule has 4 heteroatoms. The van der Waals surface area contributed by atoms with E-state index in [1.165, 1.54) is 0 Å². The van der Waals surface area contributed by atoms with Crippen LogP contribution >= 0.6 is 0 Å². The lowest BCUT2D eigenvalue weighted by Crippen LogP contribution is -2.43. The molecule has 0 saturated heterocycles. The average Bonchev–Trinajstić information content (AvgIpc) is 2.35. The Morgan fingerprint density at radius 3 is 2.48 bits per heavy atom. The zero-order valence-electron chi connectivity index (χ0n) is 13.5. The normalized spacial score (nSPS) is 12.6. The highest BCUT2D eigenvalue weighted by Gasteiger charge is 2.38. The van der Waals surface area contributed by atoms with E-state index in [0.29, 0.717) is 6.54 Å². The third kappa shape index (κ3) is 5.21. The van der Waals surface area contributed by atoms with Gasteiger partial charge in [-0.2, -0.15) is 0 Å². The molecule has 0 heterocycles. The number of aryl methyl sites for hydroxylation is 1. The highest BCUT2D eigenvalue weighted by Crippen LogP contribution is 2.27. The van der Waals surface area contributed by atoms with E-state index in [1.54, 1.807) is 6.92 Å². The lowest BCUT2D eigenvalue weighted by molar-refractivity contribution is -0.156. The van der Waals surface area contributed by atoms with E-state index in [2.05, 4.69) is 5.32 Å². The summed E-state index contributed by atoms with van der Waals surface area (Å²) in [5.74, 6) is -1.56. The molecule has 1 rings (SSSR count). The fourth-order valence-electron chi connectivity index (χ4n) is 2.19. The molecule has 0 aliphatic carbocycles. The van der Waals surface area contributed by atoms with Gasteiger partial charge in [0.25, 0.3) is 0 Å². The van der Waals surface area contributed by atoms with Crippen LogP contribution in [-0.2, 0) is 20.9 Å². The van der Waals surface area contributed by atoms with Crippen molar-refractivity contribution in [2.75, 3.05) is 6.61 Å². The van der Waals surface area contributed by atoms with Crippen molar-refractivity contribution in [1.82, 2.24) is 5.32 Å². The number of hydrogen-bond acceptors (Lipinski definition) is 3. The number of esters is 1. The molecule has 1 amide bonds. The molecule has 21 heavy (non-hydrogen) atoms. The van der Waals surface area contributed by atoms with Crippen LogP contribution < -0.4 is 5.32 Å². The van der Waals surface area contributed by atoms with Crippen molar-refractivity contribution in [2.24, 2.45) is 11.3 Å². The maximum atomic E-state index is 12.4. The molecule has 1 aromatic rings. The Balaban J connectivity index is 2.75. The Kier molecular flexibility index (Phi) is 5.94. The Labute approximate surface area is 126 Å². The number of ether oxygens (including phenoxy) is 1. The zero-order valence-corrected chi connectivity index (χ0v) is 13.5. The SMILES string of the molecule is CCOC(=O)C(C(=O)NCc1cccc(C)c1)C(C)(C)C. The molecule has 0 fully saturated rings. The summed E-state index contributed by atoms with van der Waals surface area (Å²) >= 11 is 0. The van der Waals surface area contributed by atoms with Gasteiger partial charge in [0, 0.05) is 6.54 Å². The molecule has 1 atom stereocenters. The molecule has 0 saturated carbocycles. The van der Waals surface area contributed by atoms with Gasteiger partial charge in [0.1, 0.15) is 5.92 Å². The van der Waals surface area contributed by atoms with Crippen molar-refractivity contribution in [3.8, 4) is 0 Å². The van der Waals surface area contributed by atoms with E-state index in [1.807, 2.05) is 52.0 Å². The first kappa shape index (κ1) is 17.2. The number of carbonyl (C=O) groups excluding carboxylic acids is 2. The smallest absolute Gasteiger partial charge is 0.319 e. The summed E-state index contributed by atoms with van der Waals surface area (Å²) < 4.78 is 5.02. The van der Waals surface area contributed by atoms with Crippen molar-refractivity contribution in [3.05, 3.63) is 35.4 Å². The van der Waals surface area contributed by atoms with Gasteiger partial charge in [-0.3, -0.25) is 9.59 Å². The summed E-state index contributed by atoms with van der Waals surface area (Å²) in [7, 11) is 0. The van der Waals surface area contributed by atoms with Crippen LogP contribution in [-0.4, -0.2) is 18.5 Å². The molecular weight excluding hydrogens is 266 g/mol. The van der Waals surface area contributed by atoms with Crippen molar-refractivity contribution in [1.29, 1.82) is 0 Å². The molecule has 4 nitrogen and oxygen atoms in total. The van der Waals surface area contributed by atoms with Crippen LogP contribution in [0, 0.1) is 18.3 Å². The van der Waals surface area contributed by atoms with Crippen LogP contribution in [0.5, 0.6) is 0 Å². The number of nitrogens with one attached hydrogen (secondary N) is 1. The van der Waals surface area contributed by atoms with Gasteiger partial charge in [-0.15, -0.1) is 0 Å². The van der Waals surface area contributed by atoms with Gasteiger partial charge < -0.3 is 10.1 Å². The molecule has 0 aliphatic heterocycles. The second-order valence-corrected chi connectivity index (χ2v) is 6.26. The van der Waals surface area contributed by atoms with Crippen molar-refractivity contribution < 1.29 is 14.3 Å². The van der Waals surface area contributed by atoms with Gasteiger partial charge in [0.05, 0.1) is 6.61 Å². The number of benzene rings is 1. The third-order valence-electron chi connectivity index (χ3n) is 3.20. The van der Waals surface area contributed by atoms with Gasteiger partial charge in [0.15, 0.2) is 0 Å². The summed E-state index contributed by atoms with van der Waals surface area (Å²) in [5, 5.41) is 2.83. The quantitative estimate of drug-likeness (QED) is 0.670. The van der Waals surface area contributed by atoms with Gasteiger partial charge in [0.2, 0.25) is 5.91 Å². The Morgan fingerprint density at radius 1 is 1.29 bits per heavy atom. The molecule has 1 aromatic carbocycles. The van der Waals surface area contributed by atoms with Crippen LogP contribution in [0.2, 0.25) is 0 Å². The second-order valence-electron chi connectivity index (χ2n) is 6.26. The average molecular weight is 291 g/mol. The summed E-state index contributed by atoms with van der Waals surface area (Å²) in [5.41, 5.74) is 1.67. The van der Waals surface area contributed by atoms with Gasteiger partial charge in [-0.05, 0) is 24.8 Å². The molecule has 0 spiro atoms. The van der Waals surface area contributed by atoms with E-state index in [-0.39, 0.29) is 12.5 Å². The lowest BCUT2D eigenvalue weighted by Gasteiger charge is -2.27. The van der Waals surface area contributed by atoms with Crippen molar-refractivity contribution in [2.45, 2.75) is 41.2 Å². The van der Waals surface area contributed by atoms with Gasteiger partial charge in [-0.1, -0.05) is 50.6 Å². The van der Waals surface area contributed by atoms with Crippen LogP contribution in [0.1, 0.15) is 38.8 Å². The largest absolute Gasteiger partial charge is 0.465 e.